The van der Waals surface area contributed by atoms with Crippen LogP contribution in [0.5, 0.6) is 0 Å². The van der Waals surface area contributed by atoms with Gasteiger partial charge in [0.05, 0.1) is 12.4 Å². The third-order valence-electron chi connectivity index (χ3n) is 2.30. The van der Waals surface area contributed by atoms with E-state index in [9.17, 15) is 13.9 Å². The molecule has 0 radical (unpaired) electrons. The molecule has 0 bridgehead atoms. The van der Waals surface area contributed by atoms with E-state index in [4.69, 9.17) is 10.00 Å². The first-order valence-electron chi connectivity index (χ1n) is 4.75. The number of carboxylic acid groups (broad SMARTS) is 1. The molecule has 0 aromatic carbocycles. The van der Waals surface area contributed by atoms with E-state index >= 15 is 0 Å². The number of nitrogens with zero attached hydrogens (tertiary/aromatic N) is 2. The molecule has 2 aromatic heterocycles. The summed E-state index contributed by atoms with van der Waals surface area (Å²) in [5.41, 5.74) is 0.217. The van der Waals surface area contributed by atoms with Gasteiger partial charge in [0.2, 0.25) is 0 Å². The summed E-state index contributed by atoms with van der Waals surface area (Å²) in [4.78, 5) is 23.9. The Bertz CT molecular complexity index is 655. The van der Waals surface area contributed by atoms with Crippen LogP contribution >= 0.6 is 7.60 Å². The standard InChI is InChI=1S/C9H8FN2O5P/c10-17-18(15,16)5-6-2-1-3-8-11-4-7(9(13)14)12(6)8/h1-4H,5H2,(H,13,14)(H,15,16). The van der Waals surface area contributed by atoms with Gasteiger partial charge in [-0.15, -0.1) is 4.73 Å². The van der Waals surface area contributed by atoms with Gasteiger partial charge in [0.25, 0.3) is 0 Å². The van der Waals surface area contributed by atoms with E-state index in [1.54, 1.807) is 0 Å². The van der Waals surface area contributed by atoms with Gasteiger partial charge in [0.15, 0.2) is 5.69 Å². The van der Waals surface area contributed by atoms with Crippen molar-refractivity contribution in [2.24, 2.45) is 0 Å². The van der Waals surface area contributed by atoms with Gasteiger partial charge in [-0.1, -0.05) is 6.07 Å². The van der Waals surface area contributed by atoms with Crippen LogP contribution in [0.15, 0.2) is 24.4 Å². The predicted octanol–water partition coefficient (Wildman–Crippen LogP) is 1.62. The molecule has 0 aliphatic carbocycles. The number of pyridine rings is 1. The Morgan fingerprint density at radius 1 is 1.56 bits per heavy atom. The molecular formula is C9H8FN2O5P. The van der Waals surface area contributed by atoms with Crippen molar-refractivity contribution in [3.8, 4) is 0 Å². The SMILES string of the molecule is O=C(O)c1cnc2cccc(CP(=O)(O)OF)n12. The van der Waals surface area contributed by atoms with E-state index in [-0.39, 0.29) is 17.0 Å². The third-order valence-corrected chi connectivity index (χ3v) is 3.24. The lowest BCUT2D eigenvalue weighted by Crippen LogP contribution is -2.06. The van der Waals surface area contributed by atoms with Crippen LogP contribution in [0.25, 0.3) is 5.65 Å². The van der Waals surface area contributed by atoms with Crippen LogP contribution in [0.1, 0.15) is 16.2 Å². The fraction of sp³-hybridized carbons (Fsp3) is 0.111. The van der Waals surface area contributed by atoms with Crippen molar-refractivity contribution in [3.05, 3.63) is 35.8 Å². The van der Waals surface area contributed by atoms with Gasteiger partial charge in [0.1, 0.15) is 5.65 Å². The molecule has 2 aromatic rings. The first-order valence-corrected chi connectivity index (χ1v) is 6.52. The van der Waals surface area contributed by atoms with E-state index in [1.807, 2.05) is 0 Å². The van der Waals surface area contributed by atoms with Crippen molar-refractivity contribution >= 4 is 19.2 Å². The molecule has 18 heavy (non-hydrogen) atoms. The monoisotopic (exact) mass is 274 g/mol. The fourth-order valence-electron chi connectivity index (χ4n) is 1.61. The minimum atomic E-state index is -4.43. The van der Waals surface area contributed by atoms with Crippen LogP contribution < -0.4 is 0 Å². The summed E-state index contributed by atoms with van der Waals surface area (Å²) >= 11 is 0. The molecule has 0 saturated heterocycles. The molecular weight excluding hydrogens is 266 g/mol. The Balaban J connectivity index is 2.60. The predicted molar refractivity (Wildman–Crippen MR) is 57.9 cm³/mol. The van der Waals surface area contributed by atoms with Crippen molar-refractivity contribution in [1.82, 2.24) is 9.38 Å². The number of aromatic nitrogens is 2. The number of carbonyl (C=O) groups is 1. The molecule has 2 N–H and O–H groups in total. The molecule has 0 fully saturated rings. The maximum Gasteiger partial charge on any atom is 0.366 e. The first-order chi connectivity index (χ1) is 8.44. The average Bonchev–Trinajstić information content (AvgIpc) is 2.73. The second-order valence-corrected chi connectivity index (χ2v) is 5.25. The second kappa shape index (κ2) is 4.49. The number of aromatic carboxylic acids is 1. The quantitative estimate of drug-likeness (QED) is 0.821. The van der Waals surface area contributed by atoms with Gasteiger partial charge in [-0.05, 0) is 16.7 Å². The molecule has 96 valence electrons. The average molecular weight is 274 g/mol. The number of carboxylic acids is 1. The summed E-state index contributed by atoms with van der Waals surface area (Å²) < 4.78 is 27.2. The van der Waals surface area contributed by atoms with Gasteiger partial charge < -0.3 is 10.00 Å². The van der Waals surface area contributed by atoms with Crippen molar-refractivity contribution < 1.29 is 28.6 Å². The van der Waals surface area contributed by atoms with Crippen LogP contribution in [0.2, 0.25) is 0 Å². The molecule has 2 rings (SSSR count). The van der Waals surface area contributed by atoms with Gasteiger partial charge >= 0.3 is 13.6 Å². The van der Waals surface area contributed by atoms with Crippen molar-refractivity contribution in [1.29, 1.82) is 0 Å². The van der Waals surface area contributed by atoms with Gasteiger partial charge in [-0.25, -0.2) is 9.78 Å². The largest absolute Gasteiger partial charge is 0.477 e. The molecule has 7 nitrogen and oxygen atoms in total. The minimum absolute atomic E-state index is 0.117. The summed E-state index contributed by atoms with van der Waals surface area (Å²) in [6.07, 6.45) is 0.456. The number of hydrogen-bond donors (Lipinski definition) is 2. The molecule has 2 heterocycles. The third kappa shape index (κ3) is 2.26. The van der Waals surface area contributed by atoms with Crippen LogP contribution in [0, 0.1) is 0 Å². The van der Waals surface area contributed by atoms with E-state index < -0.39 is 19.7 Å². The number of halogens is 1. The van der Waals surface area contributed by atoms with Crippen molar-refractivity contribution in [2.75, 3.05) is 0 Å². The topological polar surface area (TPSA) is 101 Å². The highest BCUT2D eigenvalue weighted by Crippen LogP contribution is 2.45. The summed E-state index contributed by atoms with van der Waals surface area (Å²) in [5.74, 6) is -1.25. The van der Waals surface area contributed by atoms with E-state index in [0.717, 1.165) is 10.6 Å². The smallest absolute Gasteiger partial charge is 0.366 e. The van der Waals surface area contributed by atoms with Crippen LogP contribution in [0.4, 0.5) is 4.53 Å². The van der Waals surface area contributed by atoms with Crippen LogP contribution in [-0.4, -0.2) is 25.4 Å². The molecule has 0 amide bonds. The summed E-state index contributed by atoms with van der Waals surface area (Å²) in [6, 6.07) is 4.43. The van der Waals surface area contributed by atoms with Gasteiger partial charge in [-0.3, -0.25) is 8.97 Å². The highest BCUT2D eigenvalue weighted by molar-refractivity contribution is 7.51. The minimum Gasteiger partial charge on any atom is -0.477 e. The summed E-state index contributed by atoms with van der Waals surface area (Å²) in [7, 11) is -4.43. The normalized spacial score (nSPS) is 14.6. The Kier molecular flexibility index (Phi) is 3.16. The highest BCUT2D eigenvalue weighted by Gasteiger charge is 2.24. The Morgan fingerprint density at radius 3 is 2.89 bits per heavy atom. The van der Waals surface area contributed by atoms with Crippen LogP contribution in [0.3, 0.4) is 0 Å². The number of fused-ring (bicyclic) bond motifs is 1. The number of hydrogen-bond acceptors (Lipinski definition) is 4. The second-order valence-electron chi connectivity index (χ2n) is 3.52. The maximum absolute atomic E-state index is 11.9. The Morgan fingerprint density at radius 2 is 2.28 bits per heavy atom. The van der Waals surface area contributed by atoms with Gasteiger partial charge in [-0.2, -0.15) is 0 Å². The zero-order chi connectivity index (χ0) is 13.3. The lowest BCUT2D eigenvalue weighted by Gasteiger charge is -2.09. The molecule has 0 aliphatic heterocycles. The number of rotatable bonds is 4. The molecule has 1 unspecified atom stereocenters. The highest BCUT2D eigenvalue weighted by atomic mass is 31.2. The van der Waals surface area contributed by atoms with Crippen molar-refractivity contribution in [2.45, 2.75) is 6.16 Å². The number of imidazole rings is 1. The van der Waals surface area contributed by atoms with Crippen LogP contribution in [-0.2, 0) is 15.5 Å². The molecule has 0 aliphatic rings. The first kappa shape index (κ1) is 12.7. The maximum atomic E-state index is 11.9. The molecule has 9 heteroatoms. The lowest BCUT2D eigenvalue weighted by atomic mass is 10.3. The molecule has 0 saturated carbocycles. The lowest BCUT2D eigenvalue weighted by molar-refractivity contribution is -0.0194. The van der Waals surface area contributed by atoms with Gasteiger partial charge in [0, 0.05) is 5.69 Å². The summed E-state index contributed by atoms with van der Waals surface area (Å²) in [6.45, 7) is 0. The zero-order valence-electron chi connectivity index (χ0n) is 8.86. The molecule has 1 atom stereocenters. The summed E-state index contributed by atoms with van der Waals surface area (Å²) in [5, 5.41) is 8.95. The van der Waals surface area contributed by atoms with E-state index in [1.165, 1.54) is 18.2 Å². The Labute approximate surface area is 99.9 Å². The fourth-order valence-corrected chi connectivity index (χ4v) is 2.31. The Hall–Kier alpha value is -1.76. The van der Waals surface area contributed by atoms with Crippen molar-refractivity contribution in [3.63, 3.8) is 0 Å². The van der Waals surface area contributed by atoms with E-state index in [0.29, 0.717) is 0 Å². The van der Waals surface area contributed by atoms with E-state index in [2.05, 4.69) is 9.71 Å². The zero-order valence-corrected chi connectivity index (χ0v) is 9.75. The molecule has 0 spiro atoms.